The van der Waals surface area contributed by atoms with Gasteiger partial charge in [-0.15, -0.1) is 0 Å². The van der Waals surface area contributed by atoms with Crippen LogP contribution in [0, 0.1) is 13.8 Å². The Morgan fingerprint density at radius 1 is 0.679 bits per heavy atom. The smallest absolute Gasteiger partial charge is 0.339 e. The van der Waals surface area contributed by atoms with Crippen molar-refractivity contribution in [3.63, 3.8) is 0 Å². The molecule has 3 aromatic carbocycles. The van der Waals surface area contributed by atoms with Gasteiger partial charge in [-0.05, 0) is 19.9 Å². The number of ketones is 2. The zero-order valence-corrected chi connectivity index (χ0v) is 15.8. The lowest BCUT2D eigenvalue weighted by atomic mass is 9.98. The van der Waals surface area contributed by atoms with Gasteiger partial charge in [-0.25, -0.2) is 4.79 Å². The molecule has 140 valence electrons. The van der Waals surface area contributed by atoms with Crippen molar-refractivity contribution < 1.29 is 19.1 Å². The van der Waals surface area contributed by atoms with Crippen LogP contribution in [0.1, 0.15) is 47.8 Å². The van der Waals surface area contributed by atoms with Gasteiger partial charge < -0.3 is 4.74 Å². The normalized spacial score (nSPS) is 10.4. The van der Waals surface area contributed by atoms with Crippen LogP contribution in [0.5, 0.6) is 0 Å². The van der Waals surface area contributed by atoms with Crippen LogP contribution in [0.25, 0.3) is 0 Å². The molecule has 0 radical (unpaired) electrons. The average Bonchev–Trinajstić information content (AvgIpc) is 2.72. The largest absolute Gasteiger partial charge is 0.454 e. The second kappa shape index (κ2) is 8.44. The summed E-state index contributed by atoms with van der Waals surface area (Å²) in [6.45, 7) is 3.48. The van der Waals surface area contributed by atoms with Crippen molar-refractivity contribution in [1.82, 2.24) is 0 Å². The third-order valence-electron chi connectivity index (χ3n) is 4.41. The highest BCUT2D eigenvalue weighted by Gasteiger charge is 2.20. The zero-order valence-electron chi connectivity index (χ0n) is 15.8. The van der Waals surface area contributed by atoms with Gasteiger partial charge in [-0.3, -0.25) is 9.59 Å². The van der Waals surface area contributed by atoms with E-state index in [1.807, 2.05) is 38.1 Å². The van der Waals surface area contributed by atoms with Crippen LogP contribution in [-0.4, -0.2) is 24.1 Å². The van der Waals surface area contributed by atoms with Gasteiger partial charge in [-0.1, -0.05) is 77.9 Å². The minimum Gasteiger partial charge on any atom is -0.454 e. The summed E-state index contributed by atoms with van der Waals surface area (Å²) in [5.74, 6) is -1.26. The van der Waals surface area contributed by atoms with Crippen molar-refractivity contribution in [1.29, 1.82) is 0 Å². The maximum Gasteiger partial charge on any atom is 0.339 e. The van der Waals surface area contributed by atoms with Gasteiger partial charge in [-0.2, -0.15) is 0 Å². The van der Waals surface area contributed by atoms with Gasteiger partial charge in [0.2, 0.25) is 0 Å². The molecule has 4 heteroatoms. The van der Waals surface area contributed by atoms with Gasteiger partial charge in [0, 0.05) is 16.7 Å². The lowest BCUT2D eigenvalue weighted by Gasteiger charge is -2.09. The molecule has 0 fully saturated rings. The number of Topliss-reactive ketones (excluding diaryl/α,β-unsaturated/α-hetero) is 1. The first kappa shape index (κ1) is 19.2. The van der Waals surface area contributed by atoms with E-state index in [0.717, 1.165) is 11.1 Å². The number of rotatable bonds is 6. The Bertz CT molecular complexity index is 1020. The SMILES string of the molecule is Cc1ccc(C(=O)COC(=O)c2ccccc2C(=O)c2ccc(C)cc2)cc1. The maximum atomic E-state index is 12.8. The number of hydrogen-bond acceptors (Lipinski definition) is 4. The molecule has 28 heavy (non-hydrogen) atoms. The standard InChI is InChI=1S/C24H20O4/c1-16-7-11-18(12-8-16)22(25)15-28-24(27)21-6-4-3-5-20(21)23(26)19-13-9-17(2)10-14-19/h3-14H,15H2,1-2H3. The molecule has 0 aliphatic carbocycles. The lowest BCUT2D eigenvalue weighted by Crippen LogP contribution is -2.17. The van der Waals surface area contributed by atoms with Crippen LogP contribution in [0.2, 0.25) is 0 Å². The molecule has 0 bridgehead atoms. The number of hydrogen-bond donors (Lipinski definition) is 0. The van der Waals surface area contributed by atoms with E-state index < -0.39 is 5.97 Å². The Kier molecular flexibility index (Phi) is 5.80. The zero-order chi connectivity index (χ0) is 20.1. The number of carbonyl (C=O) groups excluding carboxylic acids is 3. The number of aryl methyl sites for hydroxylation is 2. The van der Waals surface area contributed by atoms with Crippen LogP contribution in [0.3, 0.4) is 0 Å². The Hall–Kier alpha value is -3.53. The third-order valence-corrected chi connectivity index (χ3v) is 4.41. The van der Waals surface area contributed by atoms with Crippen LogP contribution in [0.4, 0.5) is 0 Å². The summed E-state index contributed by atoms with van der Waals surface area (Å²) in [7, 11) is 0. The molecule has 3 rings (SSSR count). The summed E-state index contributed by atoms with van der Waals surface area (Å²) in [6.07, 6.45) is 0. The van der Waals surface area contributed by atoms with Crippen molar-refractivity contribution in [2.75, 3.05) is 6.61 Å². The van der Waals surface area contributed by atoms with E-state index in [2.05, 4.69) is 0 Å². The molecule has 0 spiro atoms. The Morgan fingerprint density at radius 3 is 1.75 bits per heavy atom. The van der Waals surface area contributed by atoms with Crippen molar-refractivity contribution in [2.24, 2.45) is 0 Å². The fourth-order valence-corrected chi connectivity index (χ4v) is 2.75. The van der Waals surface area contributed by atoms with Crippen molar-refractivity contribution in [3.8, 4) is 0 Å². The van der Waals surface area contributed by atoms with Gasteiger partial charge in [0.15, 0.2) is 18.2 Å². The molecule has 0 amide bonds. The summed E-state index contributed by atoms with van der Waals surface area (Å²) in [5.41, 5.74) is 3.43. The quantitative estimate of drug-likeness (QED) is 0.470. The molecule has 0 aliphatic rings. The topological polar surface area (TPSA) is 60.4 Å². The van der Waals surface area contributed by atoms with Crippen molar-refractivity contribution in [3.05, 3.63) is 106 Å². The molecule has 0 N–H and O–H groups in total. The number of carbonyl (C=O) groups is 3. The van der Waals surface area contributed by atoms with E-state index in [9.17, 15) is 14.4 Å². The molecular weight excluding hydrogens is 352 g/mol. The van der Waals surface area contributed by atoms with Crippen LogP contribution in [-0.2, 0) is 4.74 Å². The summed E-state index contributed by atoms with van der Waals surface area (Å²) < 4.78 is 5.18. The molecular formula is C24H20O4. The molecule has 3 aromatic rings. The van der Waals surface area contributed by atoms with Gasteiger partial charge in [0.25, 0.3) is 0 Å². The van der Waals surface area contributed by atoms with Gasteiger partial charge in [0.1, 0.15) is 0 Å². The average molecular weight is 372 g/mol. The summed E-state index contributed by atoms with van der Waals surface area (Å²) in [6, 6.07) is 20.6. The molecule has 0 atom stereocenters. The van der Waals surface area contributed by atoms with Crippen LogP contribution in [0.15, 0.2) is 72.8 Å². The van der Waals surface area contributed by atoms with Crippen LogP contribution < -0.4 is 0 Å². The molecule has 0 unspecified atom stereocenters. The minimum absolute atomic E-state index is 0.143. The fraction of sp³-hybridized carbons (Fsp3) is 0.125. The first-order chi connectivity index (χ1) is 13.5. The maximum absolute atomic E-state index is 12.8. The summed E-state index contributed by atoms with van der Waals surface area (Å²) in [4.78, 5) is 37.5. The fourth-order valence-electron chi connectivity index (χ4n) is 2.75. The number of benzene rings is 3. The molecule has 0 aliphatic heterocycles. The molecule has 0 saturated carbocycles. The van der Waals surface area contributed by atoms with E-state index >= 15 is 0 Å². The lowest BCUT2D eigenvalue weighted by molar-refractivity contribution is 0.0473. The minimum atomic E-state index is -0.698. The van der Waals surface area contributed by atoms with E-state index in [0.29, 0.717) is 11.1 Å². The Morgan fingerprint density at radius 2 is 1.18 bits per heavy atom. The Balaban J connectivity index is 1.75. The summed E-state index contributed by atoms with van der Waals surface area (Å²) in [5, 5.41) is 0. The van der Waals surface area contributed by atoms with Crippen molar-refractivity contribution >= 4 is 17.5 Å². The van der Waals surface area contributed by atoms with E-state index in [1.165, 1.54) is 6.07 Å². The first-order valence-corrected chi connectivity index (χ1v) is 8.93. The molecule has 0 heterocycles. The van der Waals surface area contributed by atoms with Crippen LogP contribution >= 0.6 is 0 Å². The number of ether oxygens (including phenoxy) is 1. The highest BCUT2D eigenvalue weighted by molar-refractivity contribution is 6.14. The third kappa shape index (κ3) is 4.41. The predicted octanol–water partition coefficient (Wildman–Crippen LogP) is 4.57. The second-order valence-corrected chi connectivity index (χ2v) is 6.61. The second-order valence-electron chi connectivity index (χ2n) is 6.61. The van der Waals surface area contributed by atoms with E-state index in [4.69, 9.17) is 4.74 Å². The predicted molar refractivity (Wildman–Crippen MR) is 107 cm³/mol. The summed E-state index contributed by atoms with van der Waals surface area (Å²) >= 11 is 0. The molecule has 4 nitrogen and oxygen atoms in total. The first-order valence-electron chi connectivity index (χ1n) is 8.93. The van der Waals surface area contributed by atoms with E-state index in [-0.39, 0.29) is 29.3 Å². The van der Waals surface area contributed by atoms with Gasteiger partial charge in [0.05, 0.1) is 5.56 Å². The number of esters is 1. The monoisotopic (exact) mass is 372 g/mol. The highest BCUT2D eigenvalue weighted by atomic mass is 16.5. The molecule has 0 saturated heterocycles. The molecule has 0 aromatic heterocycles. The van der Waals surface area contributed by atoms with Crippen molar-refractivity contribution in [2.45, 2.75) is 13.8 Å². The van der Waals surface area contributed by atoms with Gasteiger partial charge >= 0.3 is 5.97 Å². The van der Waals surface area contributed by atoms with E-state index in [1.54, 1.807) is 42.5 Å². The highest BCUT2D eigenvalue weighted by Crippen LogP contribution is 2.17. The Labute approximate surface area is 163 Å².